The number of nitro benzene ring substituents is 1. The summed E-state index contributed by atoms with van der Waals surface area (Å²) >= 11 is 0. The van der Waals surface area contributed by atoms with E-state index < -0.39 is 4.92 Å². The molecule has 114 valence electrons. The molecule has 0 aliphatic carbocycles. The maximum Gasteiger partial charge on any atom is 0.269 e. The van der Waals surface area contributed by atoms with Crippen molar-refractivity contribution >= 4 is 11.6 Å². The number of aromatic amines is 1. The molecule has 0 spiro atoms. The van der Waals surface area contributed by atoms with E-state index in [-0.39, 0.29) is 17.6 Å². The third-order valence-corrected chi connectivity index (χ3v) is 4.00. The number of aromatic nitrogens is 2. The van der Waals surface area contributed by atoms with Crippen molar-refractivity contribution in [3.63, 3.8) is 0 Å². The highest BCUT2D eigenvalue weighted by atomic mass is 16.6. The first-order valence-corrected chi connectivity index (χ1v) is 7.13. The first-order chi connectivity index (χ1) is 10.6. The van der Waals surface area contributed by atoms with Gasteiger partial charge in [0.05, 0.1) is 11.0 Å². The van der Waals surface area contributed by atoms with Gasteiger partial charge in [-0.25, -0.2) is 4.98 Å². The molecule has 0 bridgehead atoms. The number of nitrogens with one attached hydrogen (secondary N) is 1. The molecule has 0 radical (unpaired) electrons. The highest BCUT2D eigenvalue weighted by Crippen LogP contribution is 2.32. The predicted molar refractivity (Wildman–Crippen MR) is 79.4 cm³/mol. The van der Waals surface area contributed by atoms with E-state index in [2.05, 4.69) is 9.97 Å². The number of aryl methyl sites for hydroxylation is 1. The SMILES string of the molecule is Cc1cc([N+](=O)[O-])ccc1C(=O)N1CCC[C@@H]1c1ncc[nH]1. The van der Waals surface area contributed by atoms with Crippen LogP contribution < -0.4 is 0 Å². The van der Waals surface area contributed by atoms with Gasteiger partial charge in [-0.1, -0.05) is 0 Å². The molecule has 0 saturated carbocycles. The molecule has 1 aliphatic rings. The molecule has 1 atom stereocenters. The number of imidazole rings is 1. The van der Waals surface area contributed by atoms with Crippen molar-refractivity contribution in [2.75, 3.05) is 6.54 Å². The van der Waals surface area contributed by atoms with Crippen molar-refractivity contribution < 1.29 is 9.72 Å². The number of non-ortho nitro benzene ring substituents is 1. The summed E-state index contributed by atoms with van der Waals surface area (Å²) in [6.45, 7) is 2.39. The Morgan fingerprint density at radius 1 is 1.50 bits per heavy atom. The van der Waals surface area contributed by atoms with Crippen molar-refractivity contribution in [3.8, 4) is 0 Å². The molecule has 1 amide bonds. The fraction of sp³-hybridized carbons (Fsp3) is 0.333. The van der Waals surface area contributed by atoms with E-state index in [4.69, 9.17) is 0 Å². The number of hydrogen-bond donors (Lipinski definition) is 1. The van der Waals surface area contributed by atoms with Gasteiger partial charge >= 0.3 is 0 Å². The lowest BCUT2D eigenvalue weighted by Crippen LogP contribution is -2.31. The fourth-order valence-electron chi connectivity index (χ4n) is 2.91. The molecular formula is C15H16N4O3. The second-order valence-corrected chi connectivity index (χ2v) is 5.39. The van der Waals surface area contributed by atoms with Crippen LogP contribution in [0.3, 0.4) is 0 Å². The number of carbonyl (C=O) groups excluding carboxylic acids is 1. The van der Waals surface area contributed by atoms with Crippen LogP contribution in [-0.4, -0.2) is 32.2 Å². The van der Waals surface area contributed by atoms with Crippen LogP contribution in [-0.2, 0) is 0 Å². The standard InChI is InChI=1S/C15H16N4O3/c1-10-9-11(19(21)22)4-5-12(10)15(20)18-8-2-3-13(18)14-16-6-7-17-14/h4-7,9,13H,2-3,8H2,1H3,(H,16,17)/t13-/m1/s1. The molecule has 1 N–H and O–H groups in total. The topological polar surface area (TPSA) is 92.1 Å². The lowest BCUT2D eigenvalue weighted by molar-refractivity contribution is -0.384. The minimum absolute atomic E-state index is 0.00180. The Morgan fingerprint density at radius 3 is 2.95 bits per heavy atom. The van der Waals surface area contributed by atoms with Gasteiger partial charge in [-0.2, -0.15) is 0 Å². The van der Waals surface area contributed by atoms with Crippen molar-refractivity contribution in [1.29, 1.82) is 0 Å². The van der Waals surface area contributed by atoms with Gasteiger partial charge in [0.1, 0.15) is 5.82 Å². The fourth-order valence-corrected chi connectivity index (χ4v) is 2.91. The molecule has 1 saturated heterocycles. The van der Waals surface area contributed by atoms with Gasteiger partial charge in [0, 0.05) is 36.6 Å². The number of benzene rings is 1. The van der Waals surface area contributed by atoms with Crippen LogP contribution in [0.25, 0.3) is 0 Å². The first-order valence-electron chi connectivity index (χ1n) is 7.13. The van der Waals surface area contributed by atoms with Gasteiger partial charge < -0.3 is 9.88 Å². The molecule has 1 aromatic heterocycles. The molecule has 2 heterocycles. The molecule has 1 fully saturated rings. The quantitative estimate of drug-likeness (QED) is 0.696. The summed E-state index contributed by atoms with van der Waals surface area (Å²) in [6, 6.07) is 4.29. The molecule has 3 rings (SSSR count). The highest BCUT2D eigenvalue weighted by molar-refractivity contribution is 5.96. The van der Waals surface area contributed by atoms with Gasteiger partial charge in [-0.3, -0.25) is 14.9 Å². The predicted octanol–water partition coefficient (Wildman–Crippen LogP) is 2.60. The van der Waals surface area contributed by atoms with E-state index in [9.17, 15) is 14.9 Å². The summed E-state index contributed by atoms with van der Waals surface area (Å²) in [6.07, 6.45) is 5.20. The largest absolute Gasteiger partial charge is 0.347 e. The summed E-state index contributed by atoms with van der Waals surface area (Å²) in [7, 11) is 0. The van der Waals surface area contributed by atoms with E-state index in [1.54, 1.807) is 24.2 Å². The van der Waals surface area contributed by atoms with Crippen LogP contribution in [0.5, 0.6) is 0 Å². The second kappa shape index (κ2) is 5.59. The van der Waals surface area contributed by atoms with Crippen LogP contribution in [0, 0.1) is 17.0 Å². The first kappa shape index (κ1) is 14.2. The number of nitrogens with zero attached hydrogens (tertiary/aromatic N) is 3. The number of hydrogen-bond acceptors (Lipinski definition) is 4. The van der Waals surface area contributed by atoms with Crippen molar-refractivity contribution in [1.82, 2.24) is 14.9 Å². The summed E-state index contributed by atoms with van der Waals surface area (Å²) in [5.41, 5.74) is 1.12. The molecule has 1 aliphatic heterocycles. The Balaban J connectivity index is 1.89. The smallest absolute Gasteiger partial charge is 0.269 e. The number of nitro groups is 1. The van der Waals surface area contributed by atoms with Crippen molar-refractivity contribution in [2.45, 2.75) is 25.8 Å². The Hall–Kier alpha value is -2.70. The number of carbonyl (C=O) groups is 1. The Morgan fingerprint density at radius 2 is 2.32 bits per heavy atom. The van der Waals surface area contributed by atoms with Gasteiger partial charge in [0.25, 0.3) is 11.6 Å². The van der Waals surface area contributed by atoms with E-state index in [0.29, 0.717) is 17.7 Å². The van der Waals surface area contributed by atoms with E-state index >= 15 is 0 Å². The lowest BCUT2D eigenvalue weighted by Gasteiger charge is -2.24. The summed E-state index contributed by atoms with van der Waals surface area (Å²) in [4.78, 5) is 32.2. The normalized spacial score (nSPS) is 17.7. The molecule has 2 aromatic rings. The Kier molecular flexibility index (Phi) is 3.62. The summed E-state index contributed by atoms with van der Waals surface area (Å²) in [5.74, 6) is 0.678. The average molecular weight is 300 g/mol. The minimum atomic E-state index is -0.456. The summed E-state index contributed by atoms with van der Waals surface area (Å²) < 4.78 is 0. The van der Waals surface area contributed by atoms with Crippen LogP contribution in [0.1, 0.15) is 40.6 Å². The number of rotatable bonds is 3. The zero-order chi connectivity index (χ0) is 15.7. The molecule has 7 nitrogen and oxygen atoms in total. The van der Waals surface area contributed by atoms with Crippen LogP contribution in [0.15, 0.2) is 30.6 Å². The zero-order valence-electron chi connectivity index (χ0n) is 12.2. The third-order valence-electron chi connectivity index (χ3n) is 4.00. The molecule has 7 heteroatoms. The number of H-pyrrole nitrogens is 1. The number of likely N-dealkylation sites (tertiary alicyclic amines) is 1. The third kappa shape index (κ3) is 2.45. The maximum absolute atomic E-state index is 12.8. The van der Waals surface area contributed by atoms with Crippen LogP contribution >= 0.6 is 0 Å². The second-order valence-electron chi connectivity index (χ2n) is 5.39. The van der Waals surface area contributed by atoms with Gasteiger partial charge in [0.2, 0.25) is 0 Å². The highest BCUT2D eigenvalue weighted by Gasteiger charge is 2.32. The lowest BCUT2D eigenvalue weighted by atomic mass is 10.1. The monoisotopic (exact) mass is 300 g/mol. The minimum Gasteiger partial charge on any atom is -0.347 e. The van der Waals surface area contributed by atoms with Crippen molar-refractivity contribution in [2.24, 2.45) is 0 Å². The van der Waals surface area contributed by atoms with Crippen molar-refractivity contribution in [3.05, 3.63) is 57.7 Å². The van der Waals surface area contributed by atoms with Gasteiger partial charge in [0.15, 0.2) is 0 Å². The molecule has 22 heavy (non-hydrogen) atoms. The van der Waals surface area contributed by atoms with Gasteiger partial charge in [-0.15, -0.1) is 0 Å². The molecular weight excluding hydrogens is 284 g/mol. The Bertz CT molecular complexity index is 712. The molecule has 1 aromatic carbocycles. The van der Waals surface area contributed by atoms with E-state index in [1.165, 1.54) is 18.2 Å². The maximum atomic E-state index is 12.8. The number of amides is 1. The average Bonchev–Trinajstić information content (AvgIpc) is 3.16. The van der Waals surface area contributed by atoms with E-state index in [1.807, 2.05) is 0 Å². The van der Waals surface area contributed by atoms with E-state index in [0.717, 1.165) is 18.7 Å². The zero-order valence-corrected chi connectivity index (χ0v) is 12.2. The van der Waals surface area contributed by atoms with Crippen LogP contribution in [0.4, 0.5) is 5.69 Å². The Labute approximate surface area is 127 Å². The molecule has 0 unspecified atom stereocenters. The van der Waals surface area contributed by atoms with Gasteiger partial charge in [-0.05, 0) is 31.4 Å². The summed E-state index contributed by atoms with van der Waals surface area (Å²) in [5, 5.41) is 10.8. The van der Waals surface area contributed by atoms with Crippen LogP contribution in [0.2, 0.25) is 0 Å².